The Balaban J connectivity index is 1.58. The SMILES string of the molecule is CC1(CNC(=O)c2ccc(C#Cc3ccc(F)cc3)cc2)CCCCC1. The maximum atomic E-state index is 12.9. The van der Waals surface area contributed by atoms with Crippen LogP contribution in [-0.2, 0) is 0 Å². The normalized spacial score (nSPS) is 15.6. The van der Waals surface area contributed by atoms with Gasteiger partial charge in [0.05, 0.1) is 0 Å². The van der Waals surface area contributed by atoms with E-state index in [0.29, 0.717) is 5.56 Å². The Morgan fingerprint density at radius 1 is 0.962 bits per heavy atom. The molecule has 1 aliphatic rings. The summed E-state index contributed by atoms with van der Waals surface area (Å²) in [4.78, 5) is 12.4. The van der Waals surface area contributed by atoms with Crippen molar-refractivity contribution in [2.45, 2.75) is 39.0 Å². The predicted octanol–water partition coefficient (Wildman–Crippen LogP) is 4.93. The van der Waals surface area contributed by atoms with Crippen molar-refractivity contribution in [3.8, 4) is 11.8 Å². The molecule has 0 aromatic heterocycles. The highest BCUT2D eigenvalue weighted by atomic mass is 19.1. The molecule has 0 radical (unpaired) electrons. The molecule has 1 fully saturated rings. The van der Waals surface area contributed by atoms with E-state index in [1.54, 1.807) is 24.3 Å². The average Bonchev–Trinajstić information content (AvgIpc) is 2.67. The molecule has 3 heteroatoms. The monoisotopic (exact) mass is 349 g/mol. The van der Waals surface area contributed by atoms with E-state index in [2.05, 4.69) is 24.1 Å². The maximum Gasteiger partial charge on any atom is 0.251 e. The Kier molecular flexibility index (Phi) is 5.73. The van der Waals surface area contributed by atoms with Crippen LogP contribution in [0.25, 0.3) is 0 Å². The number of halogens is 1. The molecule has 134 valence electrons. The van der Waals surface area contributed by atoms with Gasteiger partial charge in [0.25, 0.3) is 5.91 Å². The summed E-state index contributed by atoms with van der Waals surface area (Å²) in [6.45, 7) is 3.00. The van der Waals surface area contributed by atoms with Crippen molar-refractivity contribution in [1.82, 2.24) is 5.32 Å². The summed E-state index contributed by atoms with van der Waals surface area (Å²) in [6, 6.07) is 13.4. The molecule has 1 amide bonds. The first kappa shape index (κ1) is 18.2. The van der Waals surface area contributed by atoms with E-state index in [0.717, 1.165) is 17.7 Å². The molecule has 2 nitrogen and oxygen atoms in total. The van der Waals surface area contributed by atoms with Gasteiger partial charge in [-0.2, -0.15) is 0 Å². The van der Waals surface area contributed by atoms with E-state index in [1.807, 2.05) is 12.1 Å². The Labute approximate surface area is 154 Å². The lowest BCUT2D eigenvalue weighted by Crippen LogP contribution is -2.37. The number of hydrogen-bond donors (Lipinski definition) is 1. The van der Waals surface area contributed by atoms with Crippen LogP contribution in [0.5, 0.6) is 0 Å². The summed E-state index contributed by atoms with van der Waals surface area (Å²) >= 11 is 0. The second-order valence-corrected chi connectivity index (χ2v) is 7.39. The van der Waals surface area contributed by atoms with Crippen LogP contribution in [0.4, 0.5) is 4.39 Å². The molecule has 0 atom stereocenters. The zero-order valence-corrected chi connectivity index (χ0v) is 15.1. The molecule has 0 heterocycles. The minimum Gasteiger partial charge on any atom is -0.351 e. The molecular weight excluding hydrogens is 325 g/mol. The van der Waals surface area contributed by atoms with Crippen molar-refractivity contribution in [3.63, 3.8) is 0 Å². The standard InChI is InChI=1S/C23H24FNO/c1-23(15-3-2-4-16-23)17-25-22(26)20-11-7-18(8-12-20)5-6-19-9-13-21(24)14-10-19/h7-14H,2-4,15-17H2,1H3,(H,25,26). The van der Waals surface area contributed by atoms with Gasteiger partial charge in [-0.1, -0.05) is 38.0 Å². The number of nitrogens with one attached hydrogen (secondary N) is 1. The van der Waals surface area contributed by atoms with Crippen molar-refractivity contribution in [1.29, 1.82) is 0 Å². The van der Waals surface area contributed by atoms with Crippen LogP contribution in [0.1, 0.15) is 60.5 Å². The summed E-state index contributed by atoms with van der Waals surface area (Å²) in [5.41, 5.74) is 2.46. The maximum absolute atomic E-state index is 12.9. The van der Waals surface area contributed by atoms with Crippen LogP contribution in [0.2, 0.25) is 0 Å². The van der Waals surface area contributed by atoms with Gasteiger partial charge < -0.3 is 5.32 Å². The largest absolute Gasteiger partial charge is 0.351 e. The lowest BCUT2D eigenvalue weighted by Gasteiger charge is -2.33. The lowest BCUT2D eigenvalue weighted by molar-refractivity contribution is 0.0919. The smallest absolute Gasteiger partial charge is 0.251 e. The van der Waals surface area contributed by atoms with Gasteiger partial charge in [0.15, 0.2) is 0 Å². The number of rotatable bonds is 3. The van der Waals surface area contributed by atoms with Gasteiger partial charge in [0.1, 0.15) is 5.82 Å². The summed E-state index contributed by atoms with van der Waals surface area (Å²) < 4.78 is 12.9. The Hall–Kier alpha value is -2.60. The molecule has 0 saturated heterocycles. The summed E-state index contributed by atoms with van der Waals surface area (Å²) in [5, 5.41) is 3.08. The third-order valence-electron chi connectivity index (χ3n) is 5.08. The molecule has 1 aliphatic carbocycles. The highest BCUT2D eigenvalue weighted by molar-refractivity contribution is 5.94. The van der Waals surface area contributed by atoms with Gasteiger partial charge in [-0.05, 0) is 66.8 Å². The fourth-order valence-corrected chi connectivity index (χ4v) is 3.36. The molecular formula is C23H24FNO. The molecule has 2 aromatic rings. The molecule has 0 bridgehead atoms. The van der Waals surface area contributed by atoms with Crippen molar-refractivity contribution in [2.75, 3.05) is 6.54 Å². The molecule has 0 aliphatic heterocycles. The first-order valence-corrected chi connectivity index (χ1v) is 9.20. The highest BCUT2D eigenvalue weighted by Crippen LogP contribution is 2.34. The quantitative estimate of drug-likeness (QED) is 0.783. The molecule has 0 unspecified atom stereocenters. The number of hydrogen-bond acceptors (Lipinski definition) is 1. The van der Waals surface area contributed by atoms with E-state index in [4.69, 9.17) is 0 Å². The Morgan fingerprint density at radius 2 is 1.50 bits per heavy atom. The van der Waals surface area contributed by atoms with Crippen LogP contribution in [-0.4, -0.2) is 12.5 Å². The van der Waals surface area contributed by atoms with Crippen molar-refractivity contribution in [2.24, 2.45) is 5.41 Å². The molecule has 0 spiro atoms. The fraction of sp³-hybridized carbons (Fsp3) is 0.348. The van der Waals surface area contributed by atoms with Crippen molar-refractivity contribution in [3.05, 3.63) is 71.0 Å². The van der Waals surface area contributed by atoms with E-state index in [1.165, 1.54) is 44.2 Å². The van der Waals surface area contributed by atoms with Crippen molar-refractivity contribution < 1.29 is 9.18 Å². The second-order valence-electron chi connectivity index (χ2n) is 7.39. The van der Waals surface area contributed by atoms with Gasteiger partial charge in [-0.15, -0.1) is 0 Å². The van der Waals surface area contributed by atoms with Gasteiger partial charge in [-0.25, -0.2) is 4.39 Å². The summed E-state index contributed by atoms with van der Waals surface area (Å²) in [6.07, 6.45) is 6.20. The number of amides is 1. The third-order valence-corrected chi connectivity index (χ3v) is 5.08. The van der Waals surface area contributed by atoms with Gasteiger partial charge in [0, 0.05) is 23.2 Å². The average molecular weight is 349 g/mol. The third kappa shape index (κ3) is 4.95. The topological polar surface area (TPSA) is 29.1 Å². The van der Waals surface area contributed by atoms with Gasteiger partial charge >= 0.3 is 0 Å². The minimum atomic E-state index is -0.270. The van der Waals surface area contributed by atoms with Crippen LogP contribution < -0.4 is 5.32 Å². The number of benzene rings is 2. The zero-order chi connectivity index (χ0) is 18.4. The van der Waals surface area contributed by atoms with Crippen LogP contribution in [0.3, 0.4) is 0 Å². The number of carbonyl (C=O) groups excluding carboxylic acids is 1. The second kappa shape index (κ2) is 8.19. The van der Waals surface area contributed by atoms with E-state index in [-0.39, 0.29) is 17.1 Å². The Morgan fingerprint density at radius 3 is 2.08 bits per heavy atom. The first-order valence-electron chi connectivity index (χ1n) is 9.20. The van der Waals surface area contributed by atoms with E-state index < -0.39 is 0 Å². The molecule has 1 N–H and O–H groups in total. The molecule has 2 aromatic carbocycles. The predicted molar refractivity (Wildman–Crippen MR) is 102 cm³/mol. The lowest BCUT2D eigenvalue weighted by atomic mass is 9.76. The van der Waals surface area contributed by atoms with Crippen LogP contribution in [0, 0.1) is 23.1 Å². The van der Waals surface area contributed by atoms with E-state index >= 15 is 0 Å². The minimum absolute atomic E-state index is 0.0326. The summed E-state index contributed by atoms with van der Waals surface area (Å²) in [5.74, 6) is 5.72. The summed E-state index contributed by atoms with van der Waals surface area (Å²) in [7, 11) is 0. The molecule has 3 rings (SSSR count). The van der Waals surface area contributed by atoms with Crippen LogP contribution >= 0.6 is 0 Å². The highest BCUT2D eigenvalue weighted by Gasteiger charge is 2.27. The number of carbonyl (C=O) groups is 1. The zero-order valence-electron chi connectivity index (χ0n) is 15.1. The Bertz CT molecular complexity index is 806. The van der Waals surface area contributed by atoms with E-state index in [9.17, 15) is 9.18 Å². The fourth-order valence-electron chi connectivity index (χ4n) is 3.36. The van der Waals surface area contributed by atoms with Gasteiger partial charge in [0.2, 0.25) is 0 Å². The first-order chi connectivity index (χ1) is 12.5. The van der Waals surface area contributed by atoms with Crippen LogP contribution in [0.15, 0.2) is 48.5 Å². The van der Waals surface area contributed by atoms with Crippen molar-refractivity contribution >= 4 is 5.91 Å². The molecule has 26 heavy (non-hydrogen) atoms. The molecule has 1 saturated carbocycles. The van der Waals surface area contributed by atoms with Gasteiger partial charge in [-0.3, -0.25) is 4.79 Å².